The Hall–Kier alpha value is -2.36. The number of carboxylic acids is 1. The number of rotatable bonds is 4. The average molecular weight is 260 g/mol. The molecule has 0 atom stereocenters. The number of carbonyl (C=O) groups is 1. The molecule has 0 fully saturated rings. The Balaban J connectivity index is 2.46. The van der Waals surface area contributed by atoms with Gasteiger partial charge >= 0.3 is 5.97 Å². The molecule has 0 saturated carbocycles. The average Bonchev–Trinajstić information content (AvgIpc) is 2.38. The summed E-state index contributed by atoms with van der Waals surface area (Å²) < 4.78 is 18.8. The number of hydrogen-bond donors (Lipinski definition) is 1. The molecule has 0 bridgehead atoms. The minimum Gasteiger partial charge on any atom is -0.494 e. The lowest BCUT2D eigenvalue weighted by Gasteiger charge is -2.07. The van der Waals surface area contributed by atoms with Gasteiger partial charge in [-0.2, -0.15) is 0 Å². The molecule has 2 aromatic rings. The lowest BCUT2D eigenvalue weighted by atomic mass is 10.0. The molecule has 0 aromatic heterocycles. The zero-order chi connectivity index (χ0) is 13.8. The van der Waals surface area contributed by atoms with Crippen molar-refractivity contribution in [3.8, 4) is 16.9 Å². The number of benzene rings is 2. The Morgan fingerprint density at radius 1 is 1.21 bits per heavy atom. The molecular weight excluding hydrogens is 247 g/mol. The van der Waals surface area contributed by atoms with Crippen molar-refractivity contribution < 1.29 is 19.0 Å². The van der Waals surface area contributed by atoms with Crippen molar-refractivity contribution in [2.24, 2.45) is 0 Å². The van der Waals surface area contributed by atoms with Gasteiger partial charge in [0.15, 0.2) is 0 Å². The summed E-state index contributed by atoms with van der Waals surface area (Å²) in [6.07, 6.45) is 0. The first-order valence-electron chi connectivity index (χ1n) is 5.87. The van der Waals surface area contributed by atoms with Gasteiger partial charge < -0.3 is 9.84 Å². The largest absolute Gasteiger partial charge is 0.494 e. The topological polar surface area (TPSA) is 46.5 Å². The van der Waals surface area contributed by atoms with Crippen molar-refractivity contribution in [2.45, 2.75) is 6.92 Å². The van der Waals surface area contributed by atoms with E-state index in [1.165, 1.54) is 12.1 Å². The van der Waals surface area contributed by atoms with Crippen LogP contribution in [0.15, 0.2) is 42.5 Å². The molecule has 4 heteroatoms. The van der Waals surface area contributed by atoms with E-state index >= 15 is 0 Å². The Labute approximate surface area is 110 Å². The SMILES string of the molecule is CCOc1cccc(-c2cc(F)cc(C(=O)O)c2)c1. The van der Waals surface area contributed by atoms with Crippen LogP contribution in [0.25, 0.3) is 11.1 Å². The van der Waals surface area contributed by atoms with Crippen molar-refractivity contribution >= 4 is 5.97 Å². The summed E-state index contributed by atoms with van der Waals surface area (Å²) in [7, 11) is 0. The Morgan fingerprint density at radius 2 is 2.00 bits per heavy atom. The summed E-state index contributed by atoms with van der Waals surface area (Å²) in [4.78, 5) is 10.9. The van der Waals surface area contributed by atoms with Crippen LogP contribution in [0, 0.1) is 5.82 Å². The van der Waals surface area contributed by atoms with Crippen LogP contribution in [0.4, 0.5) is 4.39 Å². The molecule has 2 aromatic carbocycles. The van der Waals surface area contributed by atoms with Crippen LogP contribution in [0.5, 0.6) is 5.75 Å². The molecular formula is C15H13FO3. The van der Waals surface area contributed by atoms with Gasteiger partial charge in [0.1, 0.15) is 11.6 Å². The van der Waals surface area contributed by atoms with E-state index in [1.807, 2.05) is 6.92 Å². The lowest BCUT2D eigenvalue weighted by molar-refractivity contribution is 0.0696. The van der Waals surface area contributed by atoms with Gasteiger partial charge in [-0.3, -0.25) is 0 Å². The van der Waals surface area contributed by atoms with Crippen LogP contribution in [-0.2, 0) is 0 Å². The quantitative estimate of drug-likeness (QED) is 0.913. The smallest absolute Gasteiger partial charge is 0.335 e. The molecule has 0 heterocycles. The van der Waals surface area contributed by atoms with Crippen molar-refractivity contribution in [1.82, 2.24) is 0 Å². The van der Waals surface area contributed by atoms with E-state index in [9.17, 15) is 9.18 Å². The Morgan fingerprint density at radius 3 is 2.68 bits per heavy atom. The fourth-order valence-corrected chi connectivity index (χ4v) is 1.81. The van der Waals surface area contributed by atoms with E-state index in [0.29, 0.717) is 23.5 Å². The van der Waals surface area contributed by atoms with Crippen LogP contribution >= 0.6 is 0 Å². The van der Waals surface area contributed by atoms with E-state index in [1.54, 1.807) is 24.3 Å². The highest BCUT2D eigenvalue weighted by Crippen LogP contribution is 2.25. The van der Waals surface area contributed by atoms with E-state index in [0.717, 1.165) is 6.07 Å². The van der Waals surface area contributed by atoms with Gasteiger partial charge in [-0.05, 0) is 48.4 Å². The molecule has 0 saturated heterocycles. The van der Waals surface area contributed by atoms with Gasteiger partial charge in [-0.15, -0.1) is 0 Å². The molecule has 0 spiro atoms. The van der Waals surface area contributed by atoms with Gasteiger partial charge in [0.2, 0.25) is 0 Å². The summed E-state index contributed by atoms with van der Waals surface area (Å²) in [6, 6.07) is 10.9. The second-order valence-corrected chi connectivity index (χ2v) is 3.99. The molecule has 0 amide bonds. The first kappa shape index (κ1) is 13.1. The molecule has 0 unspecified atom stereocenters. The number of carboxylic acid groups (broad SMARTS) is 1. The highest BCUT2D eigenvalue weighted by molar-refractivity contribution is 5.89. The maximum atomic E-state index is 13.4. The fraction of sp³-hybridized carbons (Fsp3) is 0.133. The number of halogens is 1. The second kappa shape index (κ2) is 5.52. The summed E-state index contributed by atoms with van der Waals surface area (Å²) in [5.74, 6) is -1.06. The van der Waals surface area contributed by atoms with Crippen LogP contribution in [0.3, 0.4) is 0 Å². The Kier molecular flexibility index (Phi) is 3.80. The van der Waals surface area contributed by atoms with E-state index in [4.69, 9.17) is 9.84 Å². The third-order valence-electron chi connectivity index (χ3n) is 2.62. The summed E-state index contributed by atoms with van der Waals surface area (Å²) in [5.41, 5.74) is 1.16. The standard InChI is InChI=1S/C15H13FO3/c1-2-19-14-5-3-4-10(9-14)11-6-12(15(17)18)8-13(16)7-11/h3-9H,2H2,1H3,(H,17,18). The number of hydrogen-bond acceptors (Lipinski definition) is 2. The third-order valence-corrected chi connectivity index (χ3v) is 2.62. The molecule has 1 N–H and O–H groups in total. The number of aromatic carboxylic acids is 1. The second-order valence-electron chi connectivity index (χ2n) is 3.99. The summed E-state index contributed by atoms with van der Waals surface area (Å²) in [5, 5.41) is 8.93. The molecule has 0 radical (unpaired) electrons. The maximum absolute atomic E-state index is 13.4. The minimum atomic E-state index is -1.15. The van der Waals surface area contributed by atoms with Crippen LogP contribution in [-0.4, -0.2) is 17.7 Å². The van der Waals surface area contributed by atoms with Crippen LogP contribution in [0.1, 0.15) is 17.3 Å². The summed E-state index contributed by atoms with van der Waals surface area (Å²) >= 11 is 0. The normalized spacial score (nSPS) is 10.2. The predicted molar refractivity (Wildman–Crippen MR) is 70.0 cm³/mol. The minimum absolute atomic E-state index is 0.0724. The molecule has 98 valence electrons. The van der Waals surface area contributed by atoms with Crippen LogP contribution < -0.4 is 4.74 Å². The highest BCUT2D eigenvalue weighted by atomic mass is 19.1. The fourth-order valence-electron chi connectivity index (χ4n) is 1.81. The van der Waals surface area contributed by atoms with E-state index in [2.05, 4.69) is 0 Å². The van der Waals surface area contributed by atoms with E-state index < -0.39 is 11.8 Å². The molecule has 0 aliphatic rings. The molecule has 19 heavy (non-hydrogen) atoms. The lowest BCUT2D eigenvalue weighted by Crippen LogP contribution is -1.98. The zero-order valence-electron chi connectivity index (χ0n) is 10.4. The zero-order valence-corrected chi connectivity index (χ0v) is 10.4. The van der Waals surface area contributed by atoms with Crippen molar-refractivity contribution in [3.63, 3.8) is 0 Å². The maximum Gasteiger partial charge on any atom is 0.335 e. The van der Waals surface area contributed by atoms with Crippen molar-refractivity contribution in [3.05, 3.63) is 53.8 Å². The van der Waals surface area contributed by atoms with Crippen molar-refractivity contribution in [1.29, 1.82) is 0 Å². The monoisotopic (exact) mass is 260 g/mol. The van der Waals surface area contributed by atoms with Gasteiger partial charge in [-0.25, -0.2) is 9.18 Å². The molecule has 0 aliphatic carbocycles. The molecule has 0 aliphatic heterocycles. The molecule has 2 rings (SSSR count). The van der Waals surface area contributed by atoms with E-state index in [-0.39, 0.29) is 5.56 Å². The Bertz CT molecular complexity index is 608. The van der Waals surface area contributed by atoms with Gasteiger partial charge in [0, 0.05) is 0 Å². The predicted octanol–water partition coefficient (Wildman–Crippen LogP) is 3.59. The van der Waals surface area contributed by atoms with Gasteiger partial charge in [-0.1, -0.05) is 12.1 Å². The van der Waals surface area contributed by atoms with Crippen LogP contribution in [0.2, 0.25) is 0 Å². The number of ether oxygens (including phenoxy) is 1. The first-order chi connectivity index (χ1) is 9.10. The third kappa shape index (κ3) is 3.10. The molecule has 3 nitrogen and oxygen atoms in total. The van der Waals surface area contributed by atoms with Gasteiger partial charge in [0.05, 0.1) is 12.2 Å². The highest BCUT2D eigenvalue weighted by Gasteiger charge is 2.09. The van der Waals surface area contributed by atoms with Gasteiger partial charge in [0.25, 0.3) is 0 Å². The summed E-state index contributed by atoms with van der Waals surface area (Å²) in [6.45, 7) is 2.41. The first-order valence-corrected chi connectivity index (χ1v) is 5.87. The van der Waals surface area contributed by atoms with Crippen molar-refractivity contribution in [2.75, 3.05) is 6.61 Å².